The van der Waals surface area contributed by atoms with E-state index in [1.54, 1.807) is 0 Å². The molecular formula is C16H28. The monoisotopic (exact) mass is 220 g/mol. The highest BCUT2D eigenvalue weighted by Crippen LogP contribution is 2.38. The van der Waals surface area contributed by atoms with Crippen LogP contribution in [-0.2, 0) is 0 Å². The highest BCUT2D eigenvalue weighted by Gasteiger charge is 2.24. The second kappa shape index (κ2) is 7.49. The molecule has 0 aliphatic rings. The molecule has 0 saturated carbocycles. The van der Waals surface area contributed by atoms with Crippen molar-refractivity contribution in [1.29, 1.82) is 0 Å². The van der Waals surface area contributed by atoms with Gasteiger partial charge in [-0.05, 0) is 23.3 Å². The lowest BCUT2D eigenvalue weighted by atomic mass is 9.74. The van der Waals surface area contributed by atoms with Crippen molar-refractivity contribution in [2.24, 2.45) is 5.41 Å². The molecule has 92 valence electrons. The van der Waals surface area contributed by atoms with Crippen LogP contribution in [0.25, 0.3) is 0 Å². The van der Waals surface area contributed by atoms with Crippen LogP contribution in [0.4, 0.5) is 0 Å². The Bertz CT molecular complexity index is 253. The molecule has 0 aliphatic heterocycles. The summed E-state index contributed by atoms with van der Waals surface area (Å²) in [7, 11) is 0. The molecule has 1 aromatic carbocycles. The highest BCUT2D eigenvalue weighted by atomic mass is 14.3. The molecule has 0 N–H and O–H groups in total. The summed E-state index contributed by atoms with van der Waals surface area (Å²) >= 11 is 0. The van der Waals surface area contributed by atoms with Gasteiger partial charge in [0.05, 0.1) is 0 Å². The Kier molecular flexibility index (Phi) is 7.12. The van der Waals surface area contributed by atoms with E-state index < -0.39 is 0 Å². The van der Waals surface area contributed by atoms with Crippen LogP contribution in [0.15, 0.2) is 30.3 Å². The molecule has 0 spiro atoms. The van der Waals surface area contributed by atoms with Crippen LogP contribution in [0.2, 0.25) is 0 Å². The largest absolute Gasteiger partial charge is 0.0683 e. The number of rotatable bonds is 3. The normalized spacial score (nSPS) is 12.6. The van der Waals surface area contributed by atoms with Gasteiger partial charge in [0.25, 0.3) is 0 Å². The quantitative estimate of drug-likeness (QED) is 0.618. The minimum atomic E-state index is 0.372. The third-order valence-electron chi connectivity index (χ3n) is 2.82. The molecule has 0 radical (unpaired) electrons. The van der Waals surface area contributed by atoms with Crippen molar-refractivity contribution < 1.29 is 0 Å². The summed E-state index contributed by atoms with van der Waals surface area (Å²) in [5.41, 5.74) is 1.86. The van der Waals surface area contributed by atoms with Gasteiger partial charge in [0.1, 0.15) is 0 Å². The Hall–Kier alpha value is -0.780. The first-order chi connectivity index (χ1) is 7.55. The van der Waals surface area contributed by atoms with Crippen molar-refractivity contribution in [3.8, 4) is 0 Å². The molecule has 16 heavy (non-hydrogen) atoms. The minimum absolute atomic E-state index is 0.372. The van der Waals surface area contributed by atoms with Gasteiger partial charge in [-0.25, -0.2) is 0 Å². The topological polar surface area (TPSA) is 0 Å². The van der Waals surface area contributed by atoms with Gasteiger partial charge in [-0.1, -0.05) is 78.3 Å². The first-order valence-corrected chi connectivity index (χ1v) is 6.60. The molecule has 0 aliphatic carbocycles. The summed E-state index contributed by atoms with van der Waals surface area (Å²) in [4.78, 5) is 0. The Morgan fingerprint density at radius 1 is 1.00 bits per heavy atom. The van der Waals surface area contributed by atoms with Crippen LogP contribution in [0, 0.1) is 5.41 Å². The molecule has 1 aromatic rings. The van der Waals surface area contributed by atoms with Gasteiger partial charge in [-0.2, -0.15) is 0 Å². The van der Waals surface area contributed by atoms with Gasteiger partial charge >= 0.3 is 0 Å². The maximum atomic E-state index is 2.33. The summed E-state index contributed by atoms with van der Waals surface area (Å²) in [6.45, 7) is 13.3. The molecule has 1 atom stereocenters. The second-order valence-electron chi connectivity index (χ2n) is 5.12. The predicted molar refractivity (Wildman–Crippen MR) is 74.9 cm³/mol. The zero-order valence-electron chi connectivity index (χ0n) is 11.9. The van der Waals surface area contributed by atoms with E-state index in [0.717, 1.165) is 0 Å². The van der Waals surface area contributed by atoms with Gasteiger partial charge in [0, 0.05) is 0 Å². The fourth-order valence-electron chi connectivity index (χ4n) is 2.07. The van der Waals surface area contributed by atoms with E-state index in [0.29, 0.717) is 11.3 Å². The van der Waals surface area contributed by atoms with Gasteiger partial charge in [0.2, 0.25) is 0 Å². The van der Waals surface area contributed by atoms with E-state index in [2.05, 4.69) is 58.0 Å². The van der Waals surface area contributed by atoms with E-state index in [4.69, 9.17) is 0 Å². The minimum Gasteiger partial charge on any atom is -0.0683 e. The maximum absolute atomic E-state index is 2.33. The van der Waals surface area contributed by atoms with Crippen LogP contribution in [0.3, 0.4) is 0 Å². The van der Waals surface area contributed by atoms with Crippen LogP contribution >= 0.6 is 0 Å². The lowest BCUT2D eigenvalue weighted by Gasteiger charge is -2.31. The van der Waals surface area contributed by atoms with Crippen molar-refractivity contribution in [2.75, 3.05) is 0 Å². The average Bonchev–Trinajstić information content (AvgIpc) is 2.28. The number of hydrogen-bond acceptors (Lipinski definition) is 0. The molecule has 0 heterocycles. The third kappa shape index (κ3) is 4.83. The maximum Gasteiger partial charge on any atom is -0.0113 e. The molecular weight excluding hydrogens is 192 g/mol. The predicted octanol–water partition coefficient (Wildman–Crippen LogP) is 5.64. The van der Waals surface area contributed by atoms with E-state index in [9.17, 15) is 0 Å². The Labute approximate surface area is 102 Å². The molecule has 0 nitrogen and oxygen atoms in total. The Balaban J connectivity index is 0.00000106. The summed E-state index contributed by atoms with van der Waals surface area (Å²) in [6.07, 6.45) is 2.55. The van der Waals surface area contributed by atoms with E-state index >= 15 is 0 Å². The average molecular weight is 220 g/mol. The summed E-state index contributed by atoms with van der Waals surface area (Å²) in [6, 6.07) is 10.9. The van der Waals surface area contributed by atoms with Gasteiger partial charge in [-0.15, -0.1) is 0 Å². The molecule has 0 heteroatoms. The lowest BCUT2D eigenvalue weighted by molar-refractivity contribution is 0.303. The Morgan fingerprint density at radius 2 is 1.50 bits per heavy atom. The molecule has 0 bridgehead atoms. The van der Waals surface area contributed by atoms with Crippen molar-refractivity contribution in [1.82, 2.24) is 0 Å². The second-order valence-corrected chi connectivity index (χ2v) is 5.12. The molecule has 1 unspecified atom stereocenters. The van der Waals surface area contributed by atoms with Gasteiger partial charge < -0.3 is 0 Å². The van der Waals surface area contributed by atoms with E-state index in [-0.39, 0.29) is 0 Å². The number of benzene rings is 1. The highest BCUT2D eigenvalue weighted by molar-refractivity contribution is 5.21. The van der Waals surface area contributed by atoms with Crippen molar-refractivity contribution in [3.05, 3.63) is 35.9 Å². The standard InChI is InChI=1S/C14H22.C2H6/c1-5-9-13(14(2,3)4)12-10-7-6-8-11-12;1-2/h6-8,10-11,13H,5,9H2,1-4H3;1-2H3. The first kappa shape index (κ1) is 15.2. The van der Waals surface area contributed by atoms with Crippen LogP contribution in [0.5, 0.6) is 0 Å². The zero-order valence-corrected chi connectivity index (χ0v) is 11.9. The summed E-state index contributed by atoms with van der Waals surface area (Å²) < 4.78 is 0. The smallest absolute Gasteiger partial charge is 0.0113 e. The van der Waals surface area contributed by atoms with Gasteiger partial charge in [-0.3, -0.25) is 0 Å². The zero-order chi connectivity index (χ0) is 12.6. The van der Waals surface area contributed by atoms with E-state index in [1.165, 1.54) is 18.4 Å². The molecule has 0 fully saturated rings. The number of hydrogen-bond donors (Lipinski definition) is 0. The first-order valence-electron chi connectivity index (χ1n) is 6.60. The van der Waals surface area contributed by atoms with Gasteiger partial charge in [0.15, 0.2) is 0 Å². The van der Waals surface area contributed by atoms with Crippen molar-refractivity contribution >= 4 is 0 Å². The van der Waals surface area contributed by atoms with Crippen LogP contribution < -0.4 is 0 Å². The summed E-state index contributed by atoms with van der Waals surface area (Å²) in [5.74, 6) is 0.689. The SMILES string of the molecule is CC.CCCC(c1ccccc1)C(C)(C)C. The molecule has 0 saturated heterocycles. The fraction of sp³-hybridized carbons (Fsp3) is 0.625. The fourth-order valence-corrected chi connectivity index (χ4v) is 2.07. The molecule has 1 rings (SSSR count). The van der Waals surface area contributed by atoms with Crippen molar-refractivity contribution in [2.45, 2.75) is 60.3 Å². The van der Waals surface area contributed by atoms with E-state index in [1.807, 2.05) is 13.8 Å². The van der Waals surface area contributed by atoms with Crippen molar-refractivity contribution in [3.63, 3.8) is 0 Å². The third-order valence-corrected chi connectivity index (χ3v) is 2.82. The lowest BCUT2D eigenvalue weighted by Crippen LogP contribution is -2.18. The summed E-state index contributed by atoms with van der Waals surface area (Å²) in [5, 5.41) is 0. The van der Waals surface area contributed by atoms with Crippen LogP contribution in [-0.4, -0.2) is 0 Å². The molecule has 0 aromatic heterocycles. The van der Waals surface area contributed by atoms with Crippen LogP contribution in [0.1, 0.15) is 65.9 Å². The molecule has 0 amide bonds. The Morgan fingerprint density at radius 3 is 1.88 bits per heavy atom.